The Morgan fingerprint density at radius 2 is 1.60 bits per heavy atom. The Bertz CT molecular complexity index is 1930. The van der Waals surface area contributed by atoms with Crippen molar-refractivity contribution >= 4 is 50.1 Å². The number of halogens is 1. The molecule has 0 saturated heterocycles. The van der Waals surface area contributed by atoms with Crippen LogP contribution in [0.1, 0.15) is 41.4 Å². The Morgan fingerprint density at radius 1 is 0.844 bits per heavy atom. The van der Waals surface area contributed by atoms with Crippen LogP contribution in [0.5, 0.6) is 17.2 Å². The molecule has 8 nitrogen and oxygen atoms in total. The first-order chi connectivity index (χ1) is 21.9. The number of pyridine rings is 1. The minimum absolute atomic E-state index is 0.230. The number of aromatic nitrogens is 3. The van der Waals surface area contributed by atoms with Gasteiger partial charge in [-0.1, -0.05) is 60.1 Å². The van der Waals surface area contributed by atoms with Gasteiger partial charge in [0.15, 0.2) is 11.4 Å². The Morgan fingerprint density at radius 3 is 2.36 bits per heavy atom. The van der Waals surface area contributed by atoms with Crippen LogP contribution in [-0.2, 0) is 6.61 Å². The molecule has 0 aliphatic carbocycles. The normalized spacial score (nSPS) is 10.9. The minimum atomic E-state index is -0.230. The van der Waals surface area contributed by atoms with Crippen molar-refractivity contribution in [1.82, 2.24) is 15.0 Å². The molecule has 0 aliphatic heterocycles. The molecule has 0 unspecified atom stereocenters. The van der Waals surface area contributed by atoms with Gasteiger partial charge in [-0.15, -0.1) is 0 Å². The van der Waals surface area contributed by atoms with Crippen LogP contribution in [0.3, 0.4) is 0 Å². The van der Waals surface area contributed by atoms with Crippen LogP contribution in [0.2, 0.25) is 0 Å². The second-order valence-electron chi connectivity index (χ2n) is 10.6. The van der Waals surface area contributed by atoms with Crippen LogP contribution >= 0.6 is 15.9 Å². The zero-order valence-electron chi connectivity index (χ0n) is 24.7. The maximum atomic E-state index is 13.0. The third-order valence-corrected chi connectivity index (χ3v) is 7.54. The van der Waals surface area contributed by atoms with E-state index in [1.807, 2.05) is 84.9 Å². The first-order valence-corrected chi connectivity index (χ1v) is 15.2. The summed E-state index contributed by atoms with van der Waals surface area (Å²) in [5.74, 6) is 2.48. The molecule has 45 heavy (non-hydrogen) atoms. The van der Waals surface area contributed by atoms with Crippen LogP contribution in [0, 0.1) is 0 Å². The van der Waals surface area contributed by atoms with Gasteiger partial charge >= 0.3 is 0 Å². The van der Waals surface area contributed by atoms with E-state index in [1.165, 1.54) is 6.33 Å². The largest absolute Gasteiger partial charge is 0.489 e. The first kappa shape index (κ1) is 29.8. The lowest BCUT2D eigenvalue weighted by atomic mass is 10.1. The Kier molecular flexibility index (Phi) is 8.98. The Labute approximate surface area is 269 Å². The van der Waals surface area contributed by atoms with E-state index < -0.39 is 0 Å². The van der Waals surface area contributed by atoms with Gasteiger partial charge < -0.3 is 20.1 Å². The zero-order chi connectivity index (χ0) is 31.2. The maximum absolute atomic E-state index is 13.0. The van der Waals surface area contributed by atoms with Crippen LogP contribution in [0.15, 0.2) is 120 Å². The molecule has 9 heteroatoms. The number of ether oxygens (including phenoxy) is 2. The molecule has 0 aliphatic rings. The molecule has 0 radical (unpaired) electrons. The maximum Gasteiger partial charge on any atom is 0.255 e. The highest BCUT2D eigenvalue weighted by molar-refractivity contribution is 9.10. The van der Waals surface area contributed by atoms with Crippen LogP contribution in [-0.4, -0.2) is 20.9 Å². The fraction of sp³-hybridized carbons (Fsp3) is 0.111. The lowest BCUT2D eigenvalue weighted by Crippen LogP contribution is -2.12. The van der Waals surface area contributed by atoms with E-state index in [0.29, 0.717) is 46.5 Å². The highest BCUT2D eigenvalue weighted by Gasteiger charge is 2.14. The van der Waals surface area contributed by atoms with Gasteiger partial charge in [0, 0.05) is 21.4 Å². The highest BCUT2D eigenvalue weighted by Crippen LogP contribution is 2.36. The number of benzene rings is 4. The number of nitrogens with zero attached hydrogens (tertiary/aromatic N) is 3. The van der Waals surface area contributed by atoms with Crippen molar-refractivity contribution in [2.24, 2.45) is 0 Å². The van der Waals surface area contributed by atoms with Gasteiger partial charge in [-0.25, -0.2) is 15.0 Å². The summed E-state index contributed by atoms with van der Waals surface area (Å²) in [5.41, 5.74) is 4.35. The molecule has 0 bridgehead atoms. The summed E-state index contributed by atoms with van der Waals surface area (Å²) in [7, 11) is 0. The minimum Gasteiger partial charge on any atom is -0.489 e. The van der Waals surface area contributed by atoms with Gasteiger partial charge in [0.1, 0.15) is 30.3 Å². The molecule has 2 heterocycles. The second kappa shape index (κ2) is 13.6. The molecule has 2 N–H and O–H groups in total. The van der Waals surface area contributed by atoms with Crippen molar-refractivity contribution in [2.75, 3.05) is 10.6 Å². The number of hydrogen-bond donors (Lipinski definition) is 2. The number of rotatable bonds is 10. The molecule has 6 rings (SSSR count). The number of fused-ring (bicyclic) bond motifs is 1. The number of anilines is 3. The monoisotopic (exact) mass is 659 g/mol. The molecule has 1 amide bonds. The topological polar surface area (TPSA) is 98.3 Å². The predicted octanol–water partition coefficient (Wildman–Crippen LogP) is 9.28. The van der Waals surface area contributed by atoms with Crippen LogP contribution in [0.4, 0.5) is 17.2 Å². The molecule has 0 fully saturated rings. The van der Waals surface area contributed by atoms with Gasteiger partial charge in [0.25, 0.3) is 5.91 Å². The lowest BCUT2D eigenvalue weighted by Gasteiger charge is -2.16. The summed E-state index contributed by atoms with van der Waals surface area (Å²) in [5, 5.41) is 7.13. The van der Waals surface area contributed by atoms with Crippen molar-refractivity contribution in [1.29, 1.82) is 0 Å². The fourth-order valence-corrected chi connectivity index (χ4v) is 4.84. The standard InChI is InChI=1S/C36H30BrN5O3/c1-23(2)31-18-17-30-34(41-31)38-22-39-35(30)42-32-20-27(40-36(43)25-8-10-26(37)11-9-25)12-19-33(32)45-29-15-13-28(14-16-29)44-21-24-6-4-3-5-7-24/h3-20,22-23H,21H2,1-2H3,(H,40,43)(H,38,39,41,42). The Balaban J connectivity index is 1.27. The van der Waals surface area contributed by atoms with E-state index in [4.69, 9.17) is 14.5 Å². The van der Waals surface area contributed by atoms with E-state index >= 15 is 0 Å². The van der Waals surface area contributed by atoms with Gasteiger partial charge in [0.05, 0.1) is 11.1 Å². The quantitative estimate of drug-likeness (QED) is 0.151. The number of hydrogen-bond acceptors (Lipinski definition) is 7. The molecular weight excluding hydrogens is 630 g/mol. The summed E-state index contributed by atoms with van der Waals surface area (Å²) >= 11 is 3.41. The van der Waals surface area contributed by atoms with Crippen molar-refractivity contribution in [2.45, 2.75) is 26.4 Å². The van der Waals surface area contributed by atoms with E-state index in [0.717, 1.165) is 26.9 Å². The molecular formula is C36H30BrN5O3. The van der Waals surface area contributed by atoms with E-state index in [1.54, 1.807) is 24.3 Å². The van der Waals surface area contributed by atoms with E-state index in [-0.39, 0.29) is 11.8 Å². The summed E-state index contributed by atoms with van der Waals surface area (Å²) in [6, 6.07) is 34.0. The van der Waals surface area contributed by atoms with Crippen molar-refractivity contribution < 1.29 is 14.3 Å². The van der Waals surface area contributed by atoms with E-state index in [9.17, 15) is 4.79 Å². The van der Waals surface area contributed by atoms with Gasteiger partial charge in [0.2, 0.25) is 0 Å². The van der Waals surface area contributed by atoms with Crippen molar-refractivity contribution in [3.8, 4) is 17.2 Å². The molecule has 0 atom stereocenters. The molecule has 6 aromatic rings. The molecule has 2 aromatic heterocycles. The number of amides is 1. The molecule has 0 spiro atoms. The summed E-state index contributed by atoms with van der Waals surface area (Å²) in [6.45, 7) is 4.66. The average Bonchev–Trinajstić information content (AvgIpc) is 3.06. The lowest BCUT2D eigenvalue weighted by molar-refractivity contribution is 0.102. The summed E-state index contributed by atoms with van der Waals surface area (Å²) in [6.07, 6.45) is 1.48. The SMILES string of the molecule is CC(C)c1ccc2c(Nc3cc(NC(=O)c4ccc(Br)cc4)ccc3Oc3ccc(OCc4ccccc4)cc3)ncnc2n1. The van der Waals surface area contributed by atoms with Crippen molar-refractivity contribution in [3.05, 3.63) is 137 Å². The summed E-state index contributed by atoms with van der Waals surface area (Å²) < 4.78 is 13.2. The number of carbonyl (C=O) groups excluding carboxylic acids is 1. The highest BCUT2D eigenvalue weighted by atomic mass is 79.9. The Hall–Kier alpha value is -5.28. The summed E-state index contributed by atoms with van der Waals surface area (Å²) in [4.78, 5) is 26.6. The third kappa shape index (κ3) is 7.45. The first-order valence-electron chi connectivity index (χ1n) is 14.5. The fourth-order valence-electron chi connectivity index (χ4n) is 4.58. The van der Waals surface area contributed by atoms with Crippen molar-refractivity contribution in [3.63, 3.8) is 0 Å². The van der Waals surface area contributed by atoms with Gasteiger partial charge in [-0.05, 0) is 90.3 Å². The van der Waals surface area contributed by atoms with E-state index in [2.05, 4.69) is 50.4 Å². The molecule has 224 valence electrons. The second-order valence-corrected chi connectivity index (χ2v) is 11.5. The zero-order valence-corrected chi connectivity index (χ0v) is 26.3. The van der Waals surface area contributed by atoms with Crippen LogP contribution in [0.25, 0.3) is 11.0 Å². The number of carbonyl (C=O) groups is 1. The van der Waals surface area contributed by atoms with Crippen LogP contribution < -0.4 is 20.1 Å². The molecule has 4 aromatic carbocycles. The average molecular weight is 661 g/mol. The third-order valence-electron chi connectivity index (χ3n) is 7.01. The molecule has 0 saturated carbocycles. The van der Waals surface area contributed by atoms with Gasteiger partial charge in [-0.3, -0.25) is 4.79 Å². The van der Waals surface area contributed by atoms with Gasteiger partial charge in [-0.2, -0.15) is 0 Å². The predicted molar refractivity (Wildman–Crippen MR) is 181 cm³/mol. The number of nitrogens with one attached hydrogen (secondary N) is 2. The smallest absolute Gasteiger partial charge is 0.255 e.